The van der Waals surface area contributed by atoms with Gasteiger partial charge in [-0.1, -0.05) is 45.7 Å². The lowest BCUT2D eigenvalue weighted by Crippen LogP contribution is -2.18. The Morgan fingerprint density at radius 3 is 2.63 bits per heavy atom. The second kappa shape index (κ2) is 7.02. The Morgan fingerprint density at radius 2 is 1.95 bits per heavy atom. The van der Waals surface area contributed by atoms with E-state index in [1.807, 2.05) is 11.3 Å². The maximum Gasteiger partial charge on any atom is 0.0412 e. The van der Waals surface area contributed by atoms with Crippen LogP contribution in [0.4, 0.5) is 0 Å². The van der Waals surface area contributed by atoms with E-state index in [1.54, 1.807) is 0 Å². The van der Waals surface area contributed by atoms with E-state index in [-0.39, 0.29) is 0 Å². The Balaban J connectivity index is 2.32. The molecular formula is C15H17Br2NS. The molecule has 0 aliphatic carbocycles. The minimum absolute atomic E-state index is 0.467. The highest BCUT2D eigenvalue weighted by molar-refractivity contribution is 9.11. The van der Waals surface area contributed by atoms with Crippen molar-refractivity contribution >= 4 is 43.2 Å². The molecule has 1 aromatic heterocycles. The molecule has 19 heavy (non-hydrogen) atoms. The van der Waals surface area contributed by atoms with Gasteiger partial charge in [0, 0.05) is 30.3 Å². The van der Waals surface area contributed by atoms with E-state index in [1.165, 1.54) is 15.3 Å². The highest BCUT2D eigenvalue weighted by Crippen LogP contribution is 2.37. The van der Waals surface area contributed by atoms with Gasteiger partial charge in [-0.25, -0.2) is 0 Å². The normalized spacial score (nSPS) is 12.6. The van der Waals surface area contributed by atoms with E-state index >= 15 is 0 Å². The van der Waals surface area contributed by atoms with Crippen LogP contribution in [0.3, 0.4) is 0 Å². The summed E-state index contributed by atoms with van der Waals surface area (Å²) in [4.78, 5) is 2.71. The number of halogens is 2. The lowest BCUT2D eigenvalue weighted by Gasteiger charge is -2.13. The van der Waals surface area contributed by atoms with Crippen molar-refractivity contribution < 1.29 is 0 Å². The third-order valence-electron chi connectivity index (χ3n) is 3.02. The van der Waals surface area contributed by atoms with Gasteiger partial charge in [0.1, 0.15) is 0 Å². The molecular weight excluding hydrogens is 386 g/mol. The fraction of sp³-hybridized carbons (Fsp3) is 0.333. The highest BCUT2D eigenvalue weighted by Gasteiger charge is 2.13. The first kappa shape index (κ1) is 15.2. The molecule has 102 valence electrons. The van der Waals surface area contributed by atoms with Crippen LogP contribution in [0.25, 0.3) is 10.4 Å². The van der Waals surface area contributed by atoms with Crippen LogP contribution in [0.1, 0.15) is 31.2 Å². The predicted octanol–water partition coefficient (Wildman–Crippen LogP) is 6.00. The Labute approximate surface area is 135 Å². The summed E-state index contributed by atoms with van der Waals surface area (Å²) in [7, 11) is 0. The standard InChI is InChI=1S/C15H17Br2NS/c1-3-13(18-4-2)15-8-7-14(19-15)11-9-10(16)5-6-12(11)17/h5-9,13,18H,3-4H2,1-2H3. The molecule has 1 nitrogen and oxygen atoms in total. The molecule has 0 saturated heterocycles. The maximum absolute atomic E-state index is 3.63. The Hall–Kier alpha value is -0.160. The molecule has 0 fully saturated rings. The first-order valence-corrected chi connectivity index (χ1v) is 8.84. The van der Waals surface area contributed by atoms with Crippen LogP contribution in [0, 0.1) is 0 Å². The summed E-state index contributed by atoms with van der Waals surface area (Å²) in [6, 6.07) is 11.2. The SMILES string of the molecule is CCNC(CC)c1ccc(-c2cc(Br)ccc2Br)s1. The summed E-state index contributed by atoms with van der Waals surface area (Å²) >= 11 is 9.04. The smallest absolute Gasteiger partial charge is 0.0412 e. The second-order valence-corrected chi connectivity index (χ2v) is 7.23. The fourth-order valence-corrected chi connectivity index (χ4v) is 4.21. The molecule has 1 atom stereocenters. The van der Waals surface area contributed by atoms with Crippen LogP contribution in [0.15, 0.2) is 39.3 Å². The van der Waals surface area contributed by atoms with Crippen molar-refractivity contribution in [3.63, 3.8) is 0 Å². The molecule has 1 aromatic carbocycles. The molecule has 0 aliphatic heterocycles. The summed E-state index contributed by atoms with van der Waals surface area (Å²) < 4.78 is 2.25. The van der Waals surface area contributed by atoms with Crippen molar-refractivity contribution in [2.24, 2.45) is 0 Å². The minimum Gasteiger partial charge on any atom is -0.310 e. The number of thiophene rings is 1. The third kappa shape index (κ3) is 3.69. The van der Waals surface area contributed by atoms with Crippen molar-refractivity contribution in [3.05, 3.63) is 44.2 Å². The quantitative estimate of drug-likeness (QED) is 0.646. The van der Waals surface area contributed by atoms with Crippen LogP contribution in [0.5, 0.6) is 0 Å². The molecule has 0 radical (unpaired) electrons. The molecule has 0 bridgehead atoms. The summed E-state index contributed by atoms with van der Waals surface area (Å²) in [6.45, 7) is 5.39. The van der Waals surface area contributed by atoms with Gasteiger partial charge in [-0.2, -0.15) is 0 Å². The Morgan fingerprint density at radius 1 is 1.16 bits per heavy atom. The van der Waals surface area contributed by atoms with Crippen molar-refractivity contribution in [1.29, 1.82) is 0 Å². The topological polar surface area (TPSA) is 12.0 Å². The average Bonchev–Trinajstić information content (AvgIpc) is 2.88. The molecule has 1 N–H and O–H groups in total. The van der Waals surface area contributed by atoms with Crippen LogP contribution in [-0.4, -0.2) is 6.54 Å². The zero-order valence-corrected chi connectivity index (χ0v) is 15.0. The van der Waals surface area contributed by atoms with Gasteiger partial charge in [-0.3, -0.25) is 0 Å². The first-order valence-electron chi connectivity index (χ1n) is 6.44. The van der Waals surface area contributed by atoms with Crippen molar-refractivity contribution in [3.8, 4) is 10.4 Å². The molecule has 1 heterocycles. The van der Waals surface area contributed by atoms with Gasteiger partial charge in [0.05, 0.1) is 0 Å². The second-order valence-electron chi connectivity index (χ2n) is 4.34. The summed E-state index contributed by atoms with van der Waals surface area (Å²) in [6.07, 6.45) is 1.12. The zero-order valence-electron chi connectivity index (χ0n) is 11.0. The number of benzene rings is 1. The molecule has 2 rings (SSSR count). The van der Waals surface area contributed by atoms with Gasteiger partial charge < -0.3 is 5.32 Å². The molecule has 4 heteroatoms. The molecule has 0 aliphatic rings. The van der Waals surface area contributed by atoms with Crippen LogP contribution >= 0.6 is 43.2 Å². The number of hydrogen-bond acceptors (Lipinski definition) is 2. The fourth-order valence-electron chi connectivity index (χ4n) is 2.06. The van der Waals surface area contributed by atoms with Gasteiger partial charge in [-0.05, 0) is 43.3 Å². The van der Waals surface area contributed by atoms with Crippen LogP contribution in [0.2, 0.25) is 0 Å². The minimum atomic E-state index is 0.467. The average molecular weight is 403 g/mol. The van der Waals surface area contributed by atoms with E-state index in [0.717, 1.165) is 21.9 Å². The van der Waals surface area contributed by atoms with Gasteiger partial charge in [0.25, 0.3) is 0 Å². The lowest BCUT2D eigenvalue weighted by molar-refractivity contribution is 0.545. The Kier molecular flexibility index (Phi) is 5.63. The van der Waals surface area contributed by atoms with Gasteiger partial charge in [-0.15, -0.1) is 11.3 Å². The lowest BCUT2D eigenvalue weighted by atomic mass is 10.1. The van der Waals surface area contributed by atoms with E-state index in [0.29, 0.717) is 6.04 Å². The maximum atomic E-state index is 3.63. The summed E-state index contributed by atoms with van der Waals surface area (Å²) in [5.41, 5.74) is 1.25. The van der Waals surface area contributed by atoms with Crippen LogP contribution < -0.4 is 5.32 Å². The highest BCUT2D eigenvalue weighted by atomic mass is 79.9. The van der Waals surface area contributed by atoms with E-state index in [2.05, 4.69) is 81.4 Å². The summed E-state index contributed by atoms with van der Waals surface area (Å²) in [5, 5.41) is 3.53. The van der Waals surface area contributed by atoms with E-state index in [4.69, 9.17) is 0 Å². The molecule has 1 unspecified atom stereocenters. The van der Waals surface area contributed by atoms with E-state index < -0.39 is 0 Å². The molecule has 0 saturated carbocycles. The largest absolute Gasteiger partial charge is 0.310 e. The molecule has 0 amide bonds. The monoisotopic (exact) mass is 401 g/mol. The molecule has 2 aromatic rings. The van der Waals surface area contributed by atoms with Crippen molar-refractivity contribution in [1.82, 2.24) is 5.32 Å². The first-order chi connectivity index (χ1) is 9.15. The van der Waals surface area contributed by atoms with Crippen molar-refractivity contribution in [2.45, 2.75) is 26.3 Å². The zero-order chi connectivity index (χ0) is 13.8. The molecule has 0 spiro atoms. The number of hydrogen-bond donors (Lipinski definition) is 1. The van der Waals surface area contributed by atoms with E-state index in [9.17, 15) is 0 Å². The van der Waals surface area contributed by atoms with Gasteiger partial charge >= 0.3 is 0 Å². The van der Waals surface area contributed by atoms with Gasteiger partial charge in [0.15, 0.2) is 0 Å². The van der Waals surface area contributed by atoms with Crippen LogP contribution in [-0.2, 0) is 0 Å². The Bertz CT molecular complexity index is 551. The van der Waals surface area contributed by atoms with Crippen molar-refractivity contribution in [2.75, 3.05) is 6.54 Å². The number of nitrogens with one attached hydrogen (secondary N) is 1. The third-order valence-corrected chi connectivity index (χ3v) is 5.44. The predicted molar refractivity (Wildman–Crippen MR) is 91.9 cm³/mol. The number of rotatable bonds is 5. The van der Waals surface area contributed by atoms with Gasteiger partial charge in [0.2, 0.25) is 0 Å². The summed E-state index contributed by atoms with van der Waals surface area (Å²) in [5.74, 6) is 0.